The zero-order valence-electron chi connectivity index (χ0n) is 18.8. The number of anilines is 1. The van der Waals surface area contributed by atoms with E-state index in [0.29, 0.717) is 39.9 Å². The van der Waals surface area contributed by atoms with Crippen molar-refractivity contribution in [2.24, 2.45) is 5.41 Å². The van der Waals surface area contributed by atoms with E-state index in [4.69, 9.17) is 4.74 Å². The predicted octanol–water partition coefficient (Wildman–Crippen LogP) is 4.41. The lowest BCUT2D eigenvalue weighted by Crippen LogP contribution is -2.60. The van der Waals surface area contributed by atoms with E-state index in [2.05, 4.69) is 31.5 Å². The molecule has 0 bridgehead atoms. The number of benzene rings is 2. The number of ether oxygens (including phenoxy) is 1. The van der Waals surface area contributed by atoms with Gasteiger partial charge in [0, 0.05) is 24.1 Å². The van der Waals surface area contributed by atoms with Crippen molar-refractivity contribution in [3.05, 3.63) is 59.7 Å². The van der Waals surface area contributed by atoms with Crippen LogP contribution in [0.15, 0.2) is 42.7 Å². The summed E-state index contributed by atoms with van der Waals surface area (Å²) in [6, 6.07) is 12.3. The van der Waals surface area contributed by atoms with E-state index in [0.717, 1.165) is 63.0 Å². The van der Waals surface area contributed by atoms with E-state index < -0.39 is 0 Å². The van der Waals surface area contributed by atoms with Crippen LogP contribution in [0.25, 0.3) is 11.1 Å². The van der Waals surface area contributed by atoms with E-state index >= 15 is 0 Å². The van der Waals surface area contributed by atoms with Crippen LogP contribution in [0.2, 0.25) is 0 Å². The average Bonchev–Trinajstić information content (AvgIpc) is 3.70. The van der Waals surface area contributed by atoms with Crippen LogP contribution in [-0.4, -0.2) is 41.4 Å². The standard InChI is InChI=1S/C26H25FN6O/c27-19-4-6-23(22(12-19)20-5-1-17(13-28)11-21(20)18-2-3-18)34-25-24(30-16-31-32-25)33-14-26(15-33)7-9-29-10-8-26/h1,4-6,11-12,16,18,29H,2-3,7-10,14-15H2. The molecule has 0 amide bonds. The highest BCUT2D eigenvalue weighted by molar-refractivity contribution is 5.76. The number of rotatable bonds is 5. The van der Waals surface area contributed by atoms with E-state index in [-0.39, 0.29) is 5.82 Å². The highest BCUT2D eigenvalue weighted by Gasteiger charge is 2.45. The summed E-state index contributed by atoms with van der Waals surface area (Å²) in [5, 5.41) is 21.0. The molecule has 1 aromatic heterocycles. The van der Waals surface area contributed by atoms with Gasteiger partial charge in [0.2, 0.25) is 0 Å². The maximum atomic E-state index is 14.4. The normalized spacial score (nSPS) is 18.9. The monoisotopic (exact) mass is 456 g/mol. The van der Waals surface area contributed by atoms with Gasteiger partial charge in [-0.05, 0) is 86.1 Å². The number of nitrogens with zero attached hydrogens (tertiary/aromatic N) is 5. The third kappa shape index (κ3) is 3.86. The summed E-state index contributed by atoms with van der Waals surface area (Å²) in [7, 11) is 0. The minimum Gasteiger partial charge on any atom is -0.434 e. The molecule has 1 aliphatic carbocycles. The molecule has 3 fully saturated rings. The van der Waals surface area contributed by atoms with Gasteiger partial charge < -0.3 is 15.0 Å². The van der Waals surface area contributed by atoms with Crippen LogP contribution in [0.1, 0.15) is 42.7 Å². The number of hydrogen-bond donors (Lipinski definition) is 1. The number of aromatic nitrogens is 3. The van der Waals surface area contributed by atoms with E-state index in [9.17, 15) is 9.65 Å². The average molecular weight is 457 g/mol. The molecule has 8 heteroatoms. The van der Waals surface area contributed by atoms with Crippen LogP contribution < -0.4 is 15.0 Å². The number of piperidine rings is 1. The molecule has 6 rings (SSSR count). The largest absolute Gasteiger partial charge is 0.434 e. The molecule has 3 heterocycles. The first-order valence-electron chi connectivity index (χ1n) is 11.8. The van der Waals surface area contributed by atoms with Gasteiger partial charge in [0.1, 0.15) is 17.9 Å². The maximum Gasteiger partial charge on any atom is 0.282 e. The van der Waals surface area contributed by atoms with Gasteiger partial charge in [-0.15, -0.1) is 10.2 Å². The Balaban J connectivity index is 1.33. The third-order valence-corrected chi connectivity index (χ3v) is 7.22. The minimum absolute atomic E-state index is 0.320. The lowest BCUT2D eigenvalue weighted by Gasteiger charge is -2.52. The molecular weight excluding hydrogens is 431 g/mol. The molecule has 0 unspecified atom stereocenters. The molecule has 0 atom stereocenters. The second-order valence-electron chi connectivity index (χ2n) is 9.63. The fraction of sp³-hybridized carbons (Fsp3) is 0.385. The quantitative estimate of drug-likeness (QED) is 0.609. The molecule has 2 aromatic carbocycles. The Morgan fingerprint density at radius 1 is 1.09 bits per heavy atom. The van der Waals surface area contributed by atoms with Gasteiger partial charge in [-0.25, -0.2) is 9.37 Å². The van der Waals surface area contributed by atoms with Crippen molar-refractivity contribution in [2.45, 2.75) is 31.6 Å². The molecule has 3 aliphatic rings. The Hall–Kier alpha value is -3.57. The number of nitrogens with one attached hydrogen (secondary N) is 1. The Kier molecular flexibility index (Phi) is 5.15. The van der Waals surface area contributed by atoms with Crippen molar-refractivity contribution in [3.63, 3.8) is 0 Å². The van der Waals surface area contributed by atoms with Crippen molar-refractivity contribution in [2.75, 3.05) is 31.1 Å². The summed E-state index contributed by atoms with van der Waals surface area (Å²) in [4.78, 5) is 6.67. The molecule has 7 nitrogen and oxygen atoms in total. The second kappa shape index (κ2) is 8.33. The van der Waals surface area contributed by atoms with Crippen LogP contribution in [0.4, 0.5) is 10.2 Å². The first kappa shape index (κ1) is 21.0. The van der Waals surface area contributed by atoms with Gasteiger partial charge in [-0.2, -0.15) is 5.26 Å². The van der Waals surface area contributed by atoms with Crippen LogP contribution in [0.5, 0.6) is 11.6 Å². The van der Waals surface area contributed by atoms with Crippen molar-refractivity contribution >= 4 is 5.82 Å². The maximum absolute atomic E-state index is 14.4. The molecule has 3 aromatic rings. The molecule has 2 saturated heterocycles. The first-order chi connectivity index (χ1) is 16.6. The second-order valence-corrected chi connectivity index (χ2v) is 9.63. The van der Waals surface area contributed by atoms with Gasteiger partial charge in [-0.3, -0.25) is 0 Å². The zero-order chi connectivity index (χ0) is 23.1. The Morgan fingerprint density at radius 3 is 2.68 bits per heavy atom. The van der Waals surface area contributed by atoms with Crippen molar-refractivity contribution < 1.29 is 9.13 Å². The van der Waals surface area contributed by atoms with Crippen molar-refractivity contribution in [1.29, 1.82) is 5.26 Å². The molecule has 0 radical (unpaired) electrons. The minimum atomic E-state index is -0.346. The van der Waals surface area contributed by atoms with Gasteiger partial charge in [0.05, 0.1) is 11.6 Å². The summed E-state index contributed by atoms with van der Waals surface area (Å²) in [6.45, 7) is 3.93. The Morgan fingerprint density at radius 2 is 1.91 bits per heavy atom. The van der Waals surface area contributed by atoms with Crippen LogP contribution in [0.3, 0.4) is 0 Å². The Bertz CT molecular complexity index is 1270. The summed E-state index contributed by atoms with van der Waals surface area (Å²) in [6.07, 6.45) is 5.88. The zero-order valence-corrected chi connectivity index (χ0v) is 18.8. The highest BCUT2D eigenvalue weighted by Crippen LogP contribution is 2.48. The van der Waals surface area contributed by atoms with Gasteiger partial charge in [0.25, 0.3) is 5.88 Å². The van der Waals surface area contributed by atoms with Gasteiger partial charge >= 0.3 is 0 Å². The van der Waals surface area contributed by atoms with Crippen molar-refractivity contribution in [3.8, 4) is 28.8 Å². The number of halogens is 1. The number of nitriles is 1. The van der Waals surface area contributed by atoms with Crippen LogP contribution in [0, 0.1) is 22.6 Å². The van der Waals surface area contributed by atoms with Crippen molar-refractivity contribution in [1.82, 2.24) is 20.5 Å². The van der Waals surface area contributed by atoms with E-state index in [1.54, 1.807) is 12.1 Å². The highest BCUT2D eigenvalue weighted by atomic mass is 19.1. The third-order valence-electron chi connectivity index (χ3n) is 7.22. The predicted molar refractivity (Wildman–Crippen MR) is 125 cm³/mol. The van der Waals surface area contributed by atoms with Gasteiger partial charge in [-0.1, -0.05) is 6.07 Å². The molecule has 1 spiro atoms. The van der Waals surface area contributed by atoms with Gasteiger partial charge in [0.15, 0.2) is 5.82 Å². The Labute approximate surface area is 197 Å². The lowest BCUT2D eigenvalue weighted by molar-refractivity contribution is 0.148. The molecular formula is C26H25FN6O. The van der Waals surface area contributed by atoms with Crippen LogP contribution in [-0.2, 0) is 0 Å². The number of hydrogen-bond acceptors (Lipinski definition) is 7. The topological polar surface area (TPSA) is 87.0 Å². The summed E-state index contributed by atoms with van der Waals surface area (Å²) in [5.74, 6) is 1.52. The summed E-state index contributed by atoms with van der Waals surface area (Å²) in [5.41, 5.74) is 3.52. The molecule has 1 saturated carbocycles. The molecule has 172 valence electrons. The molecule has 2 aliphatic heterocycles. The van der Waals surface area contributed by atoms with E-state index in [1.165, 1.54) is 18.5 Å². The van der Waals surface area contributed by atoms with E-state index in [1.807, 2.05) is 12.1 Å². The molecule has 1 N–H and O–H groups in total. The lowest BCUT2D eigenvalue weighted by atomic mass is 9.72. The molecule has 34 heavy (non-hydrogen) atoms. The summed E-state index contributed by atoms with van der Waals surface area (Å²) >= 11 is 0. The smallest absolute Gasteiger partial charge is 0.282 e. The fourth-order valence-electron chi connectivity index (χ4n) is 5.24. The fourth-order valence-corrected chi connectivity index (χ4v) is 5.24. The first-order valence-corrected chi connectivity index (χ1v) is 11.8. The SMILES string of the molecule is N#Cc1ccc(-c2cc(F)ccc2Oc2nncnc2N2CC3(CCNCC3)C2)c(C2CC2)c1. The van der Waals surface area contributed by atoms with Crippen LogP contribution >= 0.6 is 0 Å². The summed E-state index contributed by atoms with van der Waals surface area (Å²) < 4.78 is 20.7.